The summed E-state index contributed by atoms with van der Waals surface area (Å²) in [5.41, 5.74) is 0.329. The van der Waals surface area contributed by atoms with Crippen LogP contribution in [-0.2, 0) is 6.18 Å². The van der Waals surface area contributed by atoms with Crippen LogP contribution >= 0.6 is 0 Å². The molecular formula is C15H20F3N. The van der Waals surface area contributed by atoms with Gasteiger partial charge in [0.2, 0.25) is 0 Å². The summed E-state index contributed by atoms with van der Waals surface area (Å²) in [5, 5.41) is 3.26. The molecule has 106 valence electrons. The molecule has 0 spiro atoms. The maximum Gasteiger partial charge on any atom is 0.416 e. The molecule has 0 aliphatic heterocycles. The second-order valence-electron chi connectivity index (χ2n) is 5.36. The molecule has 1 saturated carbocycles. The van der Waals surface area contributed by atoms with Crippen molar-refractivity contribution in [2.75, 3.05) is 5.32 Å². The smallest absolute Gasteiger partial charge is 0.382 e. The number of nitrogens with one attached hydrogen (secondary N) is 1. The molecular weight excluding hydrogens is 251 g/mol. The van der Waals surface area contributed by atoms with Crippen LogP contribution in [0.2, 0.25) is 0 Å². The lowest BCUT2D eigenvalue weighted by molar-refractivity contribution is -0.138. The van der Waals surface area contributed by atoms with Crippen molar-refractivity contribution in [2.24, 2.45) is 0 Å². The van der Waals surface area contributed by atoms with Crippen LogP contribution in [0, 0.1) is 6.92 Å². The number of aryl methyl sites for hydroxylation is 1. The van der Waals surface area contributed by atoms with Crippen molar-refractivity contribution in [1.82, 2.24) is 0 Å². The lowest BCUT2D eigenvalue weighted by Gasteiger charge is -2.19. The average Bonchev–Trinajstić information content (AvgIpc) is 2.59. The fraction of sp³-hybridized carbons (Fsp3) is 0.600. The van der Waals surface area contributed by atoms with Crippen LogP contribution in [0.5, 0.6) is 0 Å². The molecule has 0 atom stereocenters. The summed E-state index contributed by atoms with van der Waals surface area (Å²) in [6, 6.07) is 4.84. The van der Waals surface area contributed by atoms with Gasteiger partial charge in [0.05, 0.1) is 5.56 Å². The van der Waals surface area contributed by atoms with Crippen LogP contribution in [0.4, 0.5) is 18.9 Å². The minimum Gasteiger partial charge on any atom is -0.382 e. The van der Waals surface area contributed by atoms with Crippen molar-refractivity contribution in [3.8, 4) is 0 Å². The van der Waals surface area contributed by atoms with Crippen molar-refractivity contribution >= 4 is 5.69 Å². The van der Waals surface area contributed by atoms with Crippen molar-refractivity contribution in [3.05, 3.63) is 29.3 Å². The van der Waals surface area contributed by atoms with Crippen LogP contribution < -0.4 is 5.32 Å². The number of anilines is 1. The summed E-state index contributed by atoms with van der Waals surface area (Å²) in [6.07, 6.45) is 2.63. The molecule has 1 nitrogen and oxygen atoms in total. The molecule has 19 heavy (non-hydrogen) atoms. The van der Waals surface area contributed by atoms with Gasteiger partial charge >= 0.3 is 6.18 Å². The molecule has 1 aliphatic carbocycles. The van der Waals surface area contributed by atoms with Crippen LogP contribution in [-0.4, -0.2) is 6.04 Å². The highest BCUT2D eigenvalue weighted by atomic mass is 19.4. The van der Waals surface area contributed by atoms with Gasteiger partial charge in [-0.05, 0) is 37.5 Å². The first-order valence-electron chi connectivity index (χ1n) is 6.91. The third-order valence-corrected chi connectivity index (χ3v) is 3.77. The monoisotopic (exact) mass is 271 g/mol. The maximum absolute atomic E-state index is 12.8. The standard InChI is InChI=1S/C15H20F3N/c1-11-8-9-13(10-14(11)15(16,17)18)19-12-6-4-2-3-5-7-12/h8-10,12,19H,2-7H2,1H3. The van der Waals surface area contributed by atoms with E-state index in [1.807, 2.05) is 0 Å². The topological polar surface area (TPSA) is 12.0 Å². The lowest BCUT2D eigenvalue weighted by Crippen LogP contribution is -2.19. The van der Waals surface area contributed by atoms with Gasteiger partial charge in [-0.1, -0.05) is 31.7 Å². The van der Waals surface area contributed by atoms with Crippen LogP contribution in [0.1, 0.15) is 49.7 Å². The summed E-state index contributed by atoms with van der Waals surface area (Å²) in [5.74, 6) is 0. The van der Waals surface area contributed by atoms with E-state index in [2.05, 4.69) is 5.32 Å². The van der Waals surface area contributed by atoms with E-state index in [0.717, 1.165) is 25.7 Å². The van der Waals surface area contributed by atoms with Gasteiger partial charge in [0, 0.05) is 11.7 Å². The summed E-state index contributed by atoms with van der Waals surface area (Å²) >= 11 is 0. The molecule has 1 N–H and O–H groups in total. The highest BCUT2D eigenvalue weighted by Crippen LogP contribution is 2.34. The van der Waals surface area contributed by atoms with E-state index in [-0.39, 0.29) is 5.56 Å². The Morgan fingerprint density at radius 3 is 2.26 bits per heavy atom. The first kappa shape index (κ1) is 14.2. The van der Waals surface area contributed by atoms with Gasteiger partial charge in [-0.25, -0.2) is 0 Å². The second-order valence-corrected chi connectivity index (χ2v) is 5.36. The highest BCUT2D eigenvalue weighted by Gasteiger charge is 2.32. The fourth-order valence-corrected chi connectivity index (χ4v) is 2.68. The van der Waals surface area contributed by atoms with Crippen molar-refractivity contribution in [2.45, 2.75) is 57.7 Å². The van der Waals surface area contributed by atoms with Crippen molar-refractivity contribution in [1.29, 1.82) is 0 Å². The van der Waals surface area contributed by atoms with Crippen LogP contribution in [0.3, 0.4) is 0 Å². The molecule has 1 aliphatic rings. The normalized spacial score (nSPS) is 18.1. The number of halogens is 3. The van der Waals surface area contributed by atoms with Gasteiger partial charge in [-0.2, -0.15) is 13.2 Å². The number of hydrogen-bond donors (Lipinski definition) is 1. The van der Waals surface area contributed by atoms with E-state index in [1.54, 1.807) is 12.1 Å². The Bertz CT molecular complexity index is 418. The molecule has 0 unspecified atom stereocenters. The summed E-state index contributed by atoms with van der Waals surface area (Å²) < 4.78 is 38.5. The Morgan fingerprint density at radius 2 is 1.68 bits per heavy atom. The van der Waals surface area contributed by atoms with Gasteiger partial charge in [0.25, 0.3) is 0 Å². The van der Waals surface area contributed by atoms with Crippen LogP contribution in [0.25, 0.3) is 0 Å². The molecule has 0 radical (unpaired) electrons. The van der Waals surface area contributed by atoms with E-state index >= 15 is 0 Å². The Morgan fingerprint density at radius 1 is 1.05 bits per heavy atom. The molecule has 1 fully saturated rings. The minimum absolute atomic E-state index is 0.277. The first-order valence-corrected chi connectivity index (χ1v) is 6.91. The zero-order valence-corrected chi connectivity index (χ0v) is 11.2. The SMILES string of the molecule is Cc1ccc(NC2CCCCCC2)cc1C(F)(F)F. The zero-order chi connectivity index (χ0) is 13.9. The highest BCUT2D eigenvalue weighted by molar-refractivity contribution is 5.50. The maximum atomic E-state index is 12.8. The lowest BCUT2D eigenvalue weighted by atomic mass is 10.1. The Hall–Kier alpha value is -1.19. The molecule has 1 aromatic rings. The summed E-state index contributed by atoms with van der Waals surface area (Å²) in [7, 11) is 0. The van der Waals surface area contributed by atoms with Gasteiger partial charge in [-0.15, -0.1) is 0 Å². The molecule has 1 aromatic carbocycles. The molecule has 0 bridgehead atoms. The molecule has 0 amide bonds. The average molecular weight is 271 g/mol. The molecule has 4 heteroatoms. The molecule has 2 rings (SSSR count). The molecule has 0 aromatic heterocycles. The fourth-order valence-electron chi connectivity index (χ4n) is 2.68. The third-order valence-electron chi connectivity index (χ3n) is 3.77. The van der Waals surface area contributed by atoms with E-state index in [9.17, 15) is 13.2 Å². The predicted octanol–water partition coefficient (Wildman–Crippen LogP) is 5.15. The zero-order valence-electron chi connectivity index (χ0n) is 11.2. The van der Waals surface area contributed by atoms with E-state index < -0.39 is 11.7 Å². The second kappa shape index (κ2) is 5.85. The number of rotatable bonds is 2. The van der Waals surface area contributed by atoms with E-state index in [4.69, 9.17) is 0 Å². The summed E-state index contributed by atoms with van der Waals surface area (Å²) in [4.78, 5) is 0. The van der Waals surface area contributed by atoms with Crippen LogP contribution in [0.15, 0.2) is 18.2 Å². The van der Waals surface area contributed by atoms with Gasteiger partial charge in [0.15, 0.2) is 0 Å². The first-order chi connectivity index (χ1) is 8.97. The van der Waals surface area contributed by atoms with Gasteiger partial charge in [-0.3, -0.25) is 0 Å². The minimum atomic E-state index is -4.27. The Kier molecular flexibility index (Phi) is 4.38. The largest absolute Gasteiger partial charge is 0.416 e. The van der Waals surface area contributed by atoms with Gasteiger partial charge in [0.1, 0.15) is 0 Å². The number of hydrogen-bond acceptors (Lipinski definition) is 1. The van der Waals surface area contributed by atoms with E-state index in [0.29, 0.717) is 11.7 Å². The quantitative estimate of drug-likeness (QED) is 0.734. The number of alkyl halides is 3. The molecule has 0 heterocycles. The summed E-state index contributed by atoms with van der Waals surface area (Å²) in [6.45, 7) is 1.50. The third kappa shape index (κ3) is 3.88. The Labute approximate surface area is 112 Å². The number of benzene rings is 1. The van der Waals surface area contributed by atoms with E-state index in [1.165, 1.54) is 25.8 Å². The van der Waals surface area contributed by atoms with Crippen molar-refractivity contribution in [3.63, 3.8) is 0 Å². The predicted molar refractivity (Wildman–Crippen MR) is 71.3 cm³/mol. The van der Waals surface area contributed by atoms with Crippen molar-refractivity contribution < 1.29 is 13.2 Å². The molecule has 0 saturated heterocycles. The Balaban J connectivity index is 2.12. The van der Waals surface area contributed by atoms with Gasteiger partial charge < -0.3 is 5.32 Å².